The Morgan fingerprint density at radius 1 is 1.05 bits per heavy atom. The molecule has 0 aliphatic carbocycles. The number of ketones is 1. The molecule has 0 unspecified atom stereocenters. The van der Waals surface area contributed by atoms with Gasteiger partial charge in [0.05, 0.1) is 0 Å². The van der Waals surface area contributed by atoms with Crippen molar-refractivity contribution < 1.29 is 9.53 Å². The molecule has 2 heteroatoms. The van der Waals surface area contributed by atoms with Crippen molar-refractivity contribution in [1.29, 1.82) is 0 Å². The molecule has 0 aliphatic heterocycles. The summed E-state index contributed by atoms with van der Waals surface area (Å²) in [5.74, 6) is 0.999. The molecule has 2 rings (SSSR count). The minimum absolute atomic E-state index is 0.165. The predicted octanol–water partition coefficient (Wildman–Crippen LogP) is 4.48. The molecule has 0 bridgehead atoms. The van der Waals surface area contributed by atoms with Crippen LogP contribution >= 0.6 is 0 Å². The minimum atomic E-state index is 0.165. The van der Waals surface area contributed by atoms with Gasteiger partial charge in [0, 0.05) is 12.0 Å². The highest BCUT2D eigenvalue weighted by Crippen LogP contribution is 2.21. The summed E-state index contributed by atoms with van der Waals surface area (Å²) in [6.45, 7) is 6.48. The van der Waals surface area contributed by atoms with Gasteiger partial charge in [0.25, 0.3) is 0 Å². The Morgan fingerprint density at radius 3 is 2.45 bits per heavy atom. The lowest BCUT2D eigenvalue weighted by Crippen LogP contribution is -2.01. The molecule has 0 atom stereocenters. The van der Waals surface area contributed by atoms with Crippen molar-refractivity contribution in [1.82, 2.24) is 0 Å². The molecule has 0 fully saturated rings. The summed E-state index contributed by atoms with van der Waals surface area (Å²) in [6, 6.07) is 13.8. The molecule has 0 radical (unpaired) electrons. The van der Waals surface area contributed by atoms with Gasteiger partial charge in [0.2, 0.25) is 0 Å². The van der Waals surface area contributed by atoms with E-state index in [4.69, 9.17) is 4.74 Å². The Bertz CT molecular complexity index is 615. The first-order chi connectivity index (χ1) is 9.61. The molecule has 0 saturated heterocycles. The molecule has 104 valence electrons. The highest BCUT2D eigenvalue weighted by molar-refractivity contribution is 5.96. The van der Waals surface area contributed by atoms with Gasteiger partial charge in [-0.05, 0) is 48.7 Å². The number of hydrogen-bond acceptors (Lipinski definition) is 2. The molecule has 0 aromatic heterocycles. The quantitative estimate of drug-likeness (QED) is 0.748. The Morgan fingerprint density at radius 2 is 1.80 bits per heavy atom. The Hall–Kier alpha value is -2.09. The highest BCUT2D eigenvalue weighted by atomic mass is 16.5. The van der Waals surface area contributed by atoms with Gasteiger partial charge in [-0.1, -0.05) is 31.2 Å². The number of carbonyl (C=O) groups is 1. The van der Waals surface area contributed by atoms with Crippen molar-refractivity contribution in [2.45, 2.75) is 33.8 Å². The van der Waals surface area contributed by atoms with E-state index >= 15 is 0 Å². The largest absolute Gasteiger partial charge is 0.489 e. The standard InChI is InChI=1S/C18H20O2/c1-4-17(19)15-9-10-18(14(3)11-15)20-12-16-8-6-5-7-13(16)2/h5-11H,4,12H2,1-3H3. The second-order valence-corrected chi connectivity index (χ2v) is 4.97. The first kappa shape index (κ1) is 14.3. The first-order valence-electron chi connectivity index (χ1n) is 6.93. The van der Waals surface area contributed by atoms with E-state index in [0.29, 0.717) is 13.0 Å². The van der Waals surface area contributed by atoms with E-state index in [1.165, 1.54) is 11.1 Å². The van der Waals surface area contributed by atoms with Crippen LogP contribution in [0.5, 0.6) is 5.75 Å². The maximum Gasteiger partial charge on any atom is 0.162 e. The molecule has 2 aromatic rings. The smallest absolute Gasteiger partial charge is 0.162 e. The van der Waals surface area contributed by atoms with Crippen LogP contribution in [0.1, 0.15) is 40.4 Å². The van der Waals surface area contributed by atoms with E-state index < -0.39 is 0 Å². The zero-order valence-corrected chi connectivity index (χ0v) is 12.3. The predicted molar refractivity (Wildman–Crippen MR) is 81.3 cm³/mol. The third-order valence-electron chi connectivity index (χ3n) is 3.46. The molecule has 0 N–H and O–H groups in total. The molecule has 0 heterocycles. The van der Waals surface area contributed by atoms with Crippen LogP contribution < -0.4 is 4.74 Å². The zero-order chi connectivity index (χ0) is 14.5. The van der Waals surface area contributed by atoms with Gasteiger partial charge in [-0.2, -0.15) is 0 Å². The number of benzene rings is 2. The zero-order valence-electron chi connectivity index (χ0n) is 12.3. The van der Waals surface area contributed by atoms with Crippen LogP contribution in [0, 0.1) is 13.8 Å². The molecule has 0 amide bonds. The molecular formula is C18H20O2. The number of Topliss-reactive ketones (excluding diaryl/α,β-unsaturated/α-hetero) is 1. The fourth-order valence-electron chi connectivity index (χ4n) is 2.12. The van der Waals surface area contributed by atoms with Crippen LogP contribution in [0.3, 0.4) is 0 Å². The van der Waals surface area contributed by atoms with Gasteiger partial charge in [-0.3, -0.25) is 4.79 Å². The van der Waals surface area contributed by atoms with Gasteiger partial charge in [-0.15, -0.1) is 0 Å². The van der Waals surface area contributed by atoms with E-state index in [9.17, 15) is 4.79 Å². The summed E-state index contributed by atoms with van der Waals surface area (Å²) in [7, 11) is 0. The lowest BCUT2D eigenvalue weighted by atomic mass is 10.1. The van der Waals surface area contributed by atoms with Crippen LogP contribution in [0.2, 0.25) is 0 Å². The molecule has 2 nitrogen and oxygen atoms in total. The summed E-state index contributed by atoms with van der Waals surface area (Å²) in [6.07, 6.45) is 0.531. The van der Waals surface area contributed by atoms with E-state index in [1.807, 2.05) is 44.2 Å². The Balaban J connectivity index is 2.11. The van der Waals surface area contributed by atoms with Crippen molar-refractivity contribution in [2.75, 3.05) is 0 Å². The van der Waals surface area contributed by atoms with Crippen molar-refractivity contribution >= 4 is 5.78 Å². The normalized spacial score (nSPS) is 10.3. The van der Waals surface area contributed by atoms with Gasteiger partial charge in [-0.25, -0.2) is 0 Å². The number of aryl methyl sites for hydroxylation is 2. The summed E-state index contributed by atoms with van der Waals surface area (Å²) in [5, 5.41) is 0. The summed E-state index contributed by atoms with van der Waals surface area (Å²) < 4.78 is 5.86. The van der Waals surface area contributed by atoms with Crippen LogP contribution in [0.25, 0.3) is 0 Å². The maximum absolute atomic E-state index is 11.7. The van der Waals surface area contributed by atoms with Gasteiger partial charge < -0.3 is 4.74 Å². The van der Waals surface area contributed by atoms with Crippen molar-refractivity contribution in [3.8, 4) is 5.75 Å². The molecular weight excluding hydrogens is 248 g/mol. The minimum Gasteiger partial charge on any atom is -0.489 e. The molecule has 0 aliphatic rings. The molecule has 20 heavy (non-hydrogen) atoms. The lowest BCUT2D eigenvalue weighted by molar-refractivity contribution is 0.0988. The summed E-state index contributed by atoms with van der Waals surface area (Å²) >= 11 is 0. The van der Waals surface area contributed by atoms with Crippen LogP contribution in [0.4, 0.5) is 0 Å². The van der Waals surface area contributed by atoms with Crippen molar-refractivity contribution in [2.24, 2.45) is 0 Å². The number of rotatable bonds is 5. The average molecular weight is 268 g/mol. The van der Waals surface area contributed by atoms with E-state index in [-0.39, 0.29) is 5.78 Å². The molecule has 2 aromatic carbocycles. The first-order valence-corrected chi connectivity index (χ1v) is 6.93. The van der Waals surface area contributed by atoms with Crippen molar-refractivity contribution in [3.05, 3.63) is 64.7 Å². The van der Waals surface area contributed by atoms with E-state index in [1.54, 1.807) is 0 Å². The number of hydrogen-bond donors (Lipinski definition) is 0. The number of carbonyl (C=O) groups excluding carboxylic acids is 1. The molecule has 0 spiro atoms. The third-order valence-corrected chi connectivity index (χ3v) is 3.46. The molecule has 0 saturated carbocycles. The monoisotopic (exact) mass is 268 g/mol. The Labute approximate surface area is 120 Å². The summed E-state index contributed by atoms with van der Waals surface area (Å²) in [4.78, 5) is 11.7. The highest BCUT2D eigenvalue weighted by Gasteiger charge is 2.07. The third kappa shape index (κ3) is 3.27. The average Bonchev–Trinajstić information content (AvgIpc) is 2.46. The Kier molecular flexibility index (Phi) is 4.57. The van der Waals surface area contributed by atoms with Gasteiger partial charge >= 0.3 is 0 Å². The van der Waals surface area contributed by atoms with E-state index in [0.717, 1.165) is 16.9 Å². The SMILES string of the molecule is CCC(=O)c1ccc(OCc2ccccc2C)c(C)c1. The maximum atomic E-state index is 11.7. The van der Waals surface area contributed by atoms with Crippen LogP contribution in [-0.4, -0.2) is 5.78 Å². The van der Waals surface area contributed by atoms with Crippen LogP contribution in [-0.2, 0) is 6.61 Å². The second-order valence-electron chi connectivity index (χ2n) is 4.97. The van der Waals surface area contributed by atoms with Crippen molar-refractivity contribution in [3.63, 3.8) is 0 Å². The van der Waals surface area contributed by atoms with Crippen LogP contribution in [0.15, 0.2) is 42.5 Å². The summed E-state index contributed by atoms with van der Waals surface area (Å²) in [5.41, 5.74) is 4.16. The fraction of sp³-hybridized carbons (Fsp3) is 0.278. The van der Waals surface area contributed by atoms with Gasteiger partial charge in [0.1, 0.15) is 12.4 Å². The number of ether oxygens (including phenoxy) is 1. The van der Waals surface area contributed by atoms with E-state index in [2.05, 4.69) is 19.1 Å². The topological polar surface area (TPSA) is 26.3 Å². The lowest BCUT2D eigenvalue weighted by Gasteiger charge is -2.11. The fourth-order valence-corrected chi connectivity index (χ4v) is 2.12. The second kappa shape index (κ2) is 6.38. The van der Waals surface area contributed by atoms with Gasteiger partial charge in [0.15, 0.2) is 5.78 Å².